The van der Waals surface area contributed by atoms with Gasteiger partial charge in [0.2, 0.25) is 0 Å². The normalized spacial score (nSPS) is 10.3. The Hall–Kier alpha value is -2.09. The van der Waals surface area contributed by atoms with E-state index in [0.717, 1.165) is 5.56 Å². The van der Waals surface area contributed by atoms with Crippen molar-refractivity contribution < 1.29 is 9.53 Å². The molecule has 2 nitrogen and oxygen atoms in total. The van der Waals surface area contributed by atoms with Crippen LogP contribution in [-0.4, -0.2) is 5.97 Å². The van der Waals surface area contributed by atoms with E-state index in [4.69, 9.17) is 4.74 Å². The van der Waals surface area contributed by atoms with Crippen LogP contribution in [0.2, 0.25) is 0 Å². The number of ether oxygens (including phenoxy) is 1. The van der Waals surface area contributed by atoms with Crippen LogP contribution >= 0.6 is 0 Å². The molecule has 0 aliphatic heterocycles. The second-order valence-electron chi connectivity index (χ2n) is 4.89. The lowest BCUT2D eigenvalue weighted by atomic mass is 9.94. The quantitative estimate of drug-likeness (QED) is 0.593. The standard InChI is InChI=1S/C17H18O2/c1-11-9-12(2)17(13(3)10-11)15-5-7-16(8-6-15)19-14(4)18/h5-10H,1-4H3. The SMILES string of the molecule is CC(=O)Oc1ccc(-c2c(C)cc(C)cc2C)cc1. The topological polar surface area (TPSA) is 26.3 Å². The highest BCUT2D eigenvalue weighted by Crippen LogP contribution is 2.29. The Labute approximate surface area is 114 Å². The summed E-state index contributed by atoms with van der Waals surface area (Å²) in [4.78, 5) is 10.9. The van der Waals surface area contributed by atoms with Crippen molar-refractivity contribution in [2.45, 2.75) is 27.7 Å². The van der Waals surface area contributed by atoms with Crippen LogP contribution in [0.25, 0.3) is 11.1 Å². The van der Waals surface area contributed by atoms with E-state index < -0.39 is 0 Å². The van der Waals surface area contributed by atoms with Crippen LogP contribution in [0.15, 0.2) is 36.4 Å². The molecule has 0 unspecified atom stereocenters. The van der Waals surface area contributed by atoms with Gasteiger partial charge in [0, 0.05) is 6.92 Å². The third-order valence-corrected chi connectivity index (χ3v) is 3.08. The summed E-state index contributed by atoms with van der Waals surface area (Å²) in [5.41, 5.74) is 6.19. The molecule has 0 heterocycles. The molecule has 19 heavy (non-hydrogen) atoms. The van der Waals surface area contributed by atoms with Crippen molar-refractivity contribution in [3.8, 4) is 16.9 Å². The lowest BCUT2D eigenvalue weighted by Crippen LogP contribution is -2.01. The molecule has 0 aliphatic rings. The summed E-state index contributed by atoms with van der Waals surface area (Å²) < 4.78 is 5.05. The number of hydrogen-bond acceptors (Lipinski definition) is 2. The minimum atomic E-state index is -0.296. The van der Waals surface area contributed by atoms with Crippen LogP contribution in [0.4, 0.5) is 0 Å². The van der Waals surface area contributed by atoms with E-state index in [9.17, 15) is 4.79 Å². The van der Waals surface area contributed by atoms with E-state index in [2.05, 4.69) is 32.9 Å². The molecule has 0 radical (unpaired) electrons. The highest BCUT2D eigenvalue weighted by molar-refractivity contribution is 5.73. The Balaban J connectivity index is 2.40. The van der Waals surface area contributed by atoms with Crippen LogP contribution in [0.1, 0.15) is 23.6 Å². The van der Waals surface area contributed by atoms with Crippen LogP contribution in [0, 0.1) is 20.8 Å². The third kappa shape index (κ3) is 3.02. The van der Waals surface area contributed by atoms with Gasteiger partial charge in [-0.1, -0.05) is 29.8 Å². The van der Waals surface area contributed by atoms with E-state index in [1.165, 1.54) is 29.2 Å². The maximum Gasteiger partial charge on any atom is 0.308 e. The van der Waals surface area contributed by atoms with Gasteiger partial charge in [0.1, 0.15) is 5.75 Å². The predicted octanol–water partition coefficient (Wildman–Crippen LogP) is 4.20. The fourth-order valence-electron chi connectivity index (χ4n) is 2.49. The second kappa shape index (κ2) is 5.27. The van der Waals surface area contributed by atoms with Crippen LogP contribution in [0.3, 0.4) is 0 Å². The zero-order valence-corrected chi connectivity index (χ0v) is 11.8. The number of aryl methyl sites for hydroxylation is 3. The maximum absolute atomic E-state index is 10.9. The van der Waals surface area contributed by atoms with E-state index >= 15 is 0 Å². The van der Waals surface area contributed by atoms with Gasteiger partial charge in [-0.05, 0) is 55.2 Å². The third-order valence-electron chi connectivity index (χ3n) is 3.08. The maximum atomic E-state index is 10.9. The Morgan fingerprint density at radius 1 is 0.947 bits per heavy atom. The summed E-state index contributed by atoms with van der Waals surface area (Å²) in [6.45, 7) is 7.75. The molecular formula is C17H18O2. The summed E-state index contributed by atoms with van der Waals surface area (Å²) in [6.07, 6.45) is 0. The number of hydrogen-bond donors (Lipinski definition) is 0. The highest BCUT2D eigenvalue weighted by Gasteiger charge is 2.07. The summed E-state index contributed by atoms with van der Waals surface area (Å²) in [5, 5.41) is 0. The fraction of sp³-hybridized carbons (Fsp3) is 0.235. The fourth-order valence-corrected chi connectivity index (χ4v) is 2.49. The van der Waals surface area contributed by atoms with Gasteiger partial charge in [0.05, 0.1) is 0 Å². The van der Waals surface area contributed by atoms with E-state index in [0.29, 0.717) is 5.75 Å². The Bertz CT molecular complexity index is 587. The molecular weight excluding hydrogens is 236 g/mol. The number of rotatable bonds is 2. The Morgan fingerprint density at radius 3 is 1.95 bits per heavy atom. The zero-order chi connectivity index (χ0) is 14.0. The molecule has 2 aromatic carbocycles. The van der Waals surface area contributed by atoms with E-state index in [-0.39, 0.29) is 5.97 Å². The summed E-state index contributed by atoms with van der Waals surface area (Å²) in [5.74, 6) is 0.286. The van der Waals surface area contributed by atoms with Gasteiger partial charge >= 0.3 is 5.97 Å². The van der Waals surface area contributed by atoms with Crippen LogP contribution < -0.4 is 4.74 Å². The van der Waals surface area contributed by atoms with Crippen molar-refractivity contribution in [2.75, 3.05) is 0 Å². The molecule has 2 heteroatoms. The molecule has 0 aliphatic carbocycles. The Kier molecular flexibility index (Phi) is 3.70. The number of carbonyl (C=O) groups is 1. The van der Waals surface area contributed by atoms with Crippen molar-refractivity contribution in [1.29, 1.82) is 0 Å². The van der Waals surface area contributed by atoms with Crippen LogP contribution in [-0.2, 0) is 4.79 Å². The molecule has 98 valence electrons. The Morgan fingerprint density at radius 2 is 1.47 bits per heavy atom. The lowest BCUT2D eigenvalue weighted by Gasteiger charge is -2.12. The van der Waals surface area contributed by atoms with Crippen LogP contribution in [0.5, 0.6) is 5.75 Å². The highest BCUT2D eigenvalue weighted by atomic mass is 16.5. The van der Waals surface area contributed by atoms with E-state index in [1.807, 2.05) is 24.3 Å². The molecule has 2 rings (SSSR count). The first-order chi connectivity index (χ1) is 8.97. The summed E-state index contributed by atoms with van der Waals surface area (Å²) in [6, 6.07) is 12.0. The minimum absolute atomic E-state index is 0.296. The molecule has 0 amide bonds. The van der Waals surface area contributed by atoms with Crippen molar-refractivity contribution >= 4 is 5.97 Å². The molecule has 0 aromatic heterocycles. The lowest BCUT2D eigenvalue weighted by molar-refractivity contribution is -0.131. The van der Waals surface area contributed by atoms with Gasteiger partial charge in [-0.2, -0.15) is 0 Å². The van der Waals surface area contributed by atoms with Gasteiger partial charge in [0.15, 0.2) is 0 Å². The molecule has 0 saturated carbocycles. The van der Waals surface area contributed by atoms with E-state index in [1.54, 1.807) is 0 Å². The minimum Gasteiger partial charge on any atom is -0.427 e. The van der Waals surface area contributed by atoms with Crippen molar-refractivity contribution in [3.05, 3.63) is 53.1 Å². The number of esters is 1. The first-order valence-electron chi connectivity index (χ1n) is 6.34. The first kappa shape index (κ1) is 13.3. The average Bonchev–Trinajstić information content (AvgIpc) is 2.29. The zero-order valence-electron chi connectivity index (χ0n) is 11.8. The van der Waals surface area contributed by atoms with Gasteiger partial charge < -0.3 is 4.74 Å². The molecule has 0 fully saturated rings. The van der Waals surface area contributed by atoms with Crippen molar-refractivity contribution in [2.24, 2.45) is 0 Å². The molecule has 0 atom stereocenters. The average molecular weight is 254 g/mol. The largest absolute Gasteiger partial charge is 0.427 e. The van der Waals surface area contributed by atoms with Crippen molar-refractivity contribution in [1.82, 2.24) is 0 Å². The van der Waals surface area contributed by atoms with Gasteiger partial charge in [0.25, 0.3) is 0 Å². The van der Waals surface area contributed by atoms with Gasteiger partial charge in [-0.3, -0.25) is 4.79 Å². The first-order valence-corrected chi connectivity index (χ1v) is 6.34. The summed E-state index contributed by atoms with van der Waals surface area (Å²) in [7, 11) is 0. The van der Waals surface area contributed by atoms with Gasteiger partial charge in [-0.15, -0.1) is 0 Å². The molecule has 0 spiro atoms. The number of benzene rings is 2. The predicted molar refractivity (Wildman–Crippen MR) is 77.4 cm³/mol. The molecule has 2 aromatic rings. The number of carbonyl (C=O) groups excluding carboxylic acids is 1. The van der Waals surface area contributed by atoms with Gasteiger partial charge in [-0.25, -0.2) is 0 Å². The molecule has 0 bridgehead atoms. The second-order valence-corrected chi connectivity index (χ2v) is 4.89. The molecule has 0 N–H and O–H groups in total. The van der Waals surface area contributed by atoms with Crippen molar-refractivity contribution in [3.63, 3.8) is 0 Å². The smallest absolute Gasteiger partial charge is 0.308 e. The molecule has 0 saturated heterocycles. The monoisotopic (exact) mass is 254 g/mol. The summed E-state index contributed by atoms with van der Waals surface area (Å²) >= 11 is 0.